The Hall–Kier alpha value is -6.13. The molecule has 0 unspecified atom stereocenters. The van der Waals surface area contributed by atoms with Crippen LogP contribution in [0.4, 0.5) is 17.1 Å². The molecular weight excluding hydrogens is 552 g/mol. The second-order valence-corrected chi connectivity index (χ2v) is 11.2. The highest BCUT2D eigenvalue weighted by Crippen LogP contribution is 2.43. The summed E-state index contributed by atoms with van der Waals surface area (Å²) in [6.45, 7) is 0. The Morgan fingerprint density at radius 3 is 1.93 bits per heavy atom. The maximum absolute atomic E-state index is 6.52. The van der Waals surface area contributed by atoms with Crippen LogP contribution in [0.5, 0.6) is 0 Å². The van der Waals surface area contributed by atoms with Gasteiger partial charge in [0.25, 0.3) is 0 Å². The molecule has 7 aromatic carbocycles. The van der Waals surface area contributed by atoms with Crippen molar-refractivity contribution in [3.05, 3.63) is 158 Å². The first-order valence-corrected chi connectivity index (χ1v) is 15.0. The van der Waals surface area contributed by atoms with Crippen molar-refractivity contribution >= 4 is 60.9 Å². The highest BCUT2D eigenvalue weighted by molar-refractivity contribution is 6.16. The predicted octanol–water partition coefficient (Wildman–Crippen LogP) is 11.7. The fraction of sp³-hybridized carbons (Fsp3) is 0. The van der Waals surface area contributed by atoms with Crippen LogP contribution in [0.2, 0.25) is 0 Å². The molecule has 0 amide bonds. The van der Waals surface area contributed by atoms with Crippen molar-refractivity contribution in [3.63, 3.8) is 0 Å². The molecule has 0 saturated carbocycles. The summed E-state index contributed by atoms with van der Waals surface area (Å²) in [6, 6.07) is 54.4. The molecule has 9 rings (SSSR count). The Labute approximate surface area is 259 Å². The van der Waals surface area contributed by atoms with Gasteiger partial charge in [0.05, 0.1) is 5.56 Å². The lowest BCUT2D eigenvalue weighted by Crippen LogP contribution is -2.09. The molecule has 0 fully saturated rings. The highest BCUT2D eigenvalue weighted by atomic mass is 16.4. The Balaban J connectivity index is 1.23. The normalized spacial score (nSPS) is 11.6. The minimum absolute atomic E-state index is 0.590. The Morgan fingerprint density at radius 2 is 1.11 bits per heavy atom. The maximum Gasteiger partial charge on any atom is 0.227 e. The molecule has 0 N–H and O–H groups in total. The number of aromatic nitrogens is 1. The summed E-state index contributed by atoms with van der Waals surface area (Å²) in [7, 11) is 0. The number of hydrogen-bond donors (Lipinski definition) is 0. The Morgan fingerprint density at radius 1 is 0.444 bits per heavy atom. The van der Waals surface area contributed by atoms with Gasteiger partial charge < -0.3 is 13.7 Å². The fourth-order valence-corrected chi connectivity index (χ4v) is 6.33. The summed E-state index contributed by atoms with van der Waals surface area (Å²) in [5, 5.41) is 4.50. The van der Waals surface area contributed by atoms with E-state index in [0.717, 1.165) is 61.2 Å². The van der Waals surface area contributed by atoms with Gasteiger partial charge in [-0.2, -0.15) is 0 Å². The van der Waals surface area contributed by atoms with E-state index in [0.29, 0.717) is 11.5 Å². The Bertz CT molecular complexity index is 2480. The van der Waals surface area contributed by atoms with E-state index >= 15 is 0 Å². The smallest absolute Gasteiger partial charge is 0.227 e. The van der Waals surface area contributed by atoms with Crippen LogP contribution in [0.3, 0.4) is 0 Å². The van der Waals surface area contributed by atoms with E-state index in [1.54, 1.807) is 0 Å². The average molecular weight is 579 g/mol. The second kappa shape index (κ2) is 10.2. The fourth-order valence-electron chi connectivity index (χ4n) is 6.33. The van der Waals surface area contributed by atoms with Gasteiger partial charge in [-0.1, -0.05) is 97.1 Å². The highest BCUT2D eigenvalue weighted by Gasteiger charge is 2.22. The van der Waals surface area contributed by atoms with Crippen molar-refractivity contribution in [2.24, 2.45) is 0 Å². The predicted molar refractivity (Wildman–Crippen MR) is 184 cm³/mol. The van der Waals surface area contributed by atoms with Crippen LogP contribution >= 0.6 is 0 Å². The van der Waals surface area contributed by atoms with E-state index in [-0.39, 0.29) is 0 Å². The van der Waals surface area contributed by atoms with Crippen LogP contribution in [0.15, 0.2) is 167 Å². The Kier molecular flexibility index (Phi) is 5.78. The number of para-hydroxylation sites is 2. The van der Waals surface area contributed by atoms with Crippen molar-refractivity contribution in [1.29, 1.82) is 0 Å². The number of rotatable bonds is 5. The lowest BCUT2D eigenvalue weighted by Gasteiger charge is -2.26. The molecule has 0 atom stereocenters. The number of nitrogens with zero attached hydrogens (tertiary/aromatic N) is 2. The molecule has 4 heteroatoms. The molecule has 0 saturated heterocycles. The van der Waals surface area contributed by atoms with Crippen molar-refractivity contribution in [1.82, 2.24) is 4.98 Å². The molecule has 4 nitrogen and oxygen atoms in total. The first kappa shape index (κ1) is 25.4. The summed E-state index contributed by atoms with van der Waals surface area (Å²) in [5.41, 5.74) is 9.21. The van der Waals surface area contributed by atoms with Crippen molar-refractivity contribution in [2.75, 3.05) is 4.90 Å². The SMILES string of the molecule is c1ccc(-c2nc3cc4c(oc5ccccc54)c(-c4ccc(N(c5ccccc5)c5ccc6ccccc6c5)cc4)c3o2)cc1. The zero-order valence-electron chi connectivity index (χ0n) is 24.2. The third-order valence-electron chi connectivity index (χ3n) is 8.46. The summed E-state index contributed by atoms with van der Waals surface area (Å²) in [4.78, 5) is 7.23. The summed E-state index contributed by atoms with van der Waals surface area (Å²) >= 11 is 0. The van der Waals surface area contributed by atoms with Crippen molar-refractivity contribution in [3.8, 4) is 22.6 Å². The van der Waals surface area contributed by atoms with Gasteiger partial charge >= 0.3 is 0 Å². The molecule has 212 valence electrons. The molecule has 0 aliphatic carbocycles. The molecule has 2 heterocycles. The minimum Gasteiger partial charge on any atom is -0.455 e. The molecular formula is C41H26N2O2. The molecule has 9 aromatic rings. The third-order valence-corrected chi connectivity index (χ3v) is 8.46. The molecule has 2 aromatic heterocycles. The number of benzene rings is 7. The lowest BCUT2D eigenvalue weighted by atomic mass is 10.00. The monoisotopic (exact) mass is 578 g/mol. The van der Waals surface area contributed by atoms with Crippen LogP contribution in [0, 0.1) is 0 Å². The number of furan rings is 1. The van der Waals surface area contributed by atoms with E-state index in [4.69, 9.17) is 13.8 Å². The largest absolute Gasteiger partial charge is 0.455 e. The standard InChI is InChI=1S/C41H26N2O2/c1-3-12-29(13-4-1)41-42-36-26-35-34-17-9-10-18-37(34)44-39(35)38(40(36)45-41)28-20-22-32(23-21-28)43(31-15-5-2-6-16-31)33-24-19-27-11-7-8-14-30(27)25-33/h1-26H. The summed E-state index contributed by atoms with van der Waals surface area (Å²) in [6.07, 6.45) is 0. The number of hydrogen-bond acceptors (Lipinski definition) is 4. The van der Waals surface area contributed by atoms with Crippen LogP contribution < -0.4 is 4.90 Å². The molecule has 0 aliphatic rings. The molecule has 0 spiro atoms. The van der Waals surface area contributed by atoms with E-state index in [2.05, 4.69) is 108 Å². The lowest BCUT2D eigenvalue weighted by molar-refractivity contribution is 0.619. The van der Waals surface area contributed by atoms with Crippen molar-refractivity contribution in [2.45, 2.75) is 0 Å². The topological polar surface area (TPSA) is 42.4 Å². The van der Waals surface area contributed by atoms with Gasteiger partial charge in [0, 0.05) is 33.4 Å². The van der Waals surface area contributed by atoms with Crippen molar-refractivity contribution < 1.29 is 8.83 Å². The quantitative estimate of drug-likeness (QED) is 0.204. The molecule has 45 heavy (non-hydrogen) atoms. The van der Waals surface area contributed by atoms with Crippen LogP contribution in [-0.2, 0) is 0 Å². The van der Waals surface area contributed by atoms with Crippen LogP contribution in [0.25, 0.3) is 66.4 Å². The first-order valence-electron chi connectivity index (χ1n) is 15.0. The molecule has 0 bridgehead atoms. The molecule has 0 radical (unpaired) electrons. The second-order valence-electron chi connectivity index (χ2n) is 11.2. The van der Waals surface area contributed by atoms with Gasteiger partial charge in [0.15, 0.2) is 5.58 Å². The van der Waals surface area contributed by atoms with Gasteiger partial charge in [-0.25, -0.2) is 4.98 Å². The van der Waals surface area contributed by atoms with Gasteiger partial charge in [-0.15, -0.1) is 0 Å². The number of anilines is 3. The zero-order valence-corrected chi connectivity index (χ0v) is 24.2. The van der Waals surface area contributed by atoms with Crippen LogP contribution in [0.1, 0.15) is 0 Å². The minimum atomic E-state index is 0.590. The zero-order chi connectivity index (χ0) is 29.7. The van der Waals surface area contributed by atoms with E-state index in [9.17, 15) is 0 Å². The van der Waals surface area contributed by atoms with Gasteiger partial charge in [-0.05, 0) is 77.0 Å². The van der Waals surface area contributed by atoms with Gasteiger partial charge in [-0.3, -0.25) is 0 Å². The third kappa shape index (κ3) is 4.27. The molecule has 0 aliphatic heterocycles. The van der Waals surface area contributed by atoms with E-state index < -0.39 is 0 Å². The van der Waals surface area contributed by atoms with Crippen LogP contribution in [-0.4, -0.2) is 4.98 Å². The summed E-state index contributed by atoms with van der Waals surface area (Å²) in [5.74, 6) is 0.590. The number of fused-ring (bicyclic) bond motifs is 5. The average Bonchev–Trinajstić information content (AvgIpc) is 3.70. The van der Waals surface area contributed by atoms with Gasteiger partial charge in [0.1, 0.15) is 16.7 Å². The maximum atomic E-state index is 6.52. The first-order chi connectivity index (χ1) is 22.3. The van der Waals surface area contributed by atoms with Gasteiger partial charge in [0.2, 0.25) is 5.89 Å². The van der Waals surface area contributed by atoms with E-state index in [1.165, 1.54) is 10.8 Å². The number of oxazole rings is 1. The summed E-state index contributed by atoms with van der Waals surface area (Å²) < 4.78 is 13.0. The van der Waals surface area contributed by atoms with E-state index in [1.807, 2.05) is 54.6 Å².